The molecule has 0 aromatic rings. The van der Waals surface area contributed by atoms with E-state index in [-0.39, 0.29) is 25.2 Å². The Kier molecular flexibility index (Phi) is 41.9. The van der Waals surface area contributed by atoms with Crippen LogP contribution in [0, 0.1) is 41.4 Å². The summed E-state index contributed by atoms with van der Waals surface area (Å²) in [6.45, 7) is 30.6. The van der Waals surface area contributed by atoms with Gasteiger partial charge in [-0.1, -0.05) is 6.92 Å². The van der Waals surface area contributed by atoms with E-state index in [1.54, 1.807) is 12.0 Å². The van der Waals surface area contributed by atoms with Crippen LogP contribution in [0.1, 0.15) is 193 Å². The highest BCUT2D eigenvalue weighted by Crippen LogP contribution is 2.38. The number of alkyl halides is 7. The molecule has 0 aliphatic carbocycles. The van der Waals surface area contributed by atoms with Crippen LogP contribution in [-0.4, -0.2) is 390 Å². The summed E-state index contributed by atoms with van der Waals surface area (Å²) in [7, 11) is 20.9. The molecule has 7 atom stereocenters. The third kappa shape index (κ3) is 31.9. The molecule has 14 aliphatic heterocycles. The maximum absolute atomic E-state index is 12.5. The van der Waals surface area contributed by atoms with Crippen LogP contribution in [0.4, 0.5) is 30.7 Å². The molecule has 0 bridgehead atoms. The summed E-state index contributed by atoms with van der Waals surface area (Å²) in [6.07, 6.45) is 27.0. The second-order valence-corrected chi connectivity index (χ2v) is 36.8. The quantitative estimate of drug-likeness (QED) is 0.0964. The van der Waals surface area contributed by atoms with Gasteiger partial charge in [0.05, 0.1) is 33.2 Å². The van der Waals surface area contributed by atoms with Gasteiger partial charge in [-0.05, 0) is 422 Å². The topological polar surface area (TPSA) is 80.9 Å². The van der Waals surface area contributed by atoms with Gasteiger partial charge in [-0.25, -0.2) is 4.39 Å². The average molecular weight is 1570 g/mol. The first-order valence-corrected chi connectivity index (χ1v) is 45.0. The summed E-state index contributed by atoms with van der Waals surface area (Å²) >= 11 is 0. The van der Waals surface area contributed by atoms with Gasteiger partial charge in [0, 0.05) is 69.0 Å². The van der Waals surface area contributed by atoms with Gasteiger partial charge >= 0.3 is 18.3 Å². The Hall–Kier alpha value is -1.62. The van der Waals surface area contributed by atoms with E-state index in [1.165, 1.54) is 227 Å². The molecule has 14 saturated heterocycles. The van der Waals surface area contributed by atoms with Crippen LogP contribution < -0.4 is 0 Å². The lowest BCUT2D eigenvalue weighted by molar-refractivity contribution is -0.150. The van der Waals surface area contributed by atoms with Crippen molar-refractivity contribution in [1.29, 1.82) is 0 Å². The van der Waals surface area contributed by atoms with E-state index in [2.05, 4.69) is 127 Å². The SMILES string of the molecule is CCN1CCC[C@H]1C1CCN(C)CC1.CN1CCC(C2CCCN2C)CC1.CN1CCC([C@@H]2CCCN2CC(F)(F)F)CC1.CN1CCC([C@@H]2CCCN2CCC(F)(F)F)CC1.CN1CCC([C@@H]2CCCN2CCF)CC1.COC(=O)CN1CCC[C@H]1C1CCN(C)CC1.COCCN1CCC[C@H]1C1CCN(C)CC1. The highest BCUT2D eigenvalue weighted by molar-refractivity contribution is 5.71. The maximum atomic E-state index is 12.5. The molecule has 0 radical (unpaired) electrons. The maximum Gasteiger partial charge on any atom is 0.401 e. The number of carbonyl (C=O) groups excluding carboxylic acids is 1. The number of piperidine rings is 7. The third-order valence-corrected chi connectivity index (χ3v) is 29.2. The summed E-state index contributed by atoms with van der Waals surface area (Å²) in [5.74, 6) is 5.51. The number of nitrogens with zero attached hydrogens (tertiary/aromatic N) is 14. The minimum atomic E-state index is -4.05. The molecule has 110 heavy (non-hydrogen) atoms. The molecular weight excluding hydrogens is 1410 g/mol. The first kappa shape index (κ1) is 93.9. The Bertz CT molecular complexity index is 2410. The zero-order chi connectivity index (χ0) is 79.2. The molecule has 14 fully saturated rings. The monoisotopic (exact) mass is 1570 g/mol. The van der Waals surface area contributed by atoms with Crippen molar-refractivity contribution in [1.82, 2.24) is 68.6 Å². The van der Waals surface area contributed by atoms with E-state index in [4.69, 9.17) is 9.47 Å². The zero-order valence-corrected chi connectivity index (χ0v) is 71.7. The molecular formula is C86H163F7N14O3. The first-order valence-electron chi connectivity index (χ1n) is 45.0. The van der Waals surface area contributed by atoms with E-state index in [0.717, 1.165) is 158 Å². The van der Waals surface area contributed by atoms with Crippen LogP contribution in [0.2, 0.25) is 0 Å². The third-order valence-electron chi connectivity index (χ3n) is 29.2. The Morgan fingerprint density at radius 1 is 0.318 bits per heavy atom. The summed E-state index contributed by atoms with van der Waals surface area (Å²) in [5, 5.41) is 0. The number of likely N-dealkylation sites (tertiary alicyclic amines) is 14. The molecule has 0 amide bonds. The Labute approximate surface area is 666 Å². The van der Waals surface area contributed by atoms with Gasteiger partial charge < -0.3 is 53.6 Å². The van der Waals surface area contributed by atoms with Crippen molar-refractivity contribution in [3.63, 3.8) is 0 Å². The van der Waals surface area contributed by atoms with Gasteiger partial charge in [-0.3, -0.25) is 29.3 Å². The lowest BCUT2D eigenvalue weighted by Gasteiger charge is -2.37. The van der Waals surface area contributed by atoms with Crippen LogP contribution >= 0.6 is 0 Å². The standard InChI is InChI=1S/C13H23F3N2.C13H24N2O2.C13H26N2O.C12H21F3N2.C12H23FN2.C12H24N2.C11H22N2/c1-17-8-4-11(5-9-17)12-3-2-7-18(12)10-6-13(14,15)16;1-14-8-5-11(6-9-14)12-4-3-7-15(12)10-13(16)17-2;1-14-8-5-12(6-9-14)13-4-3-7-15(13)10-11-16-2;1-16-7-4-10(5-8-16)11-3-2-6-17(11)9-12(13,14)15;1-14-8-4-11(5-9-14)12-3-2-7-15(12)10-6-13;1-3-14-8-4-5-12(14)11-6-9-13(2)10-7-11;1-12-8-5-10(6-9-12)11-4-3-7-13(11)2/h11-12H,2-10H2,1H3;11-12H,3-10H2,1-2H3;12-13H,3-11H2,1-2H3;10-11H,2-9H2,1H3;11-12H,2-10H2,1H3;11-12H,3-10H2,1-2H3;10-11H,3-9H2,1-2H3/t2*12-;13-;11-;2*12-;/m000000./s1. The Morgan fingerprint density at radius 3 is 0.873 bits per heavy atom. The summed E-state index contributed by atoms with van der Waals surface area (Å²) in [4.78, 5) is 44.6. The predicted molar refractivity (Wildman–Crippen MR) is 437 cm³/mol. The molecule has 0 aromatic carbocycles. The molecule has 1 unspecified atom stereocenters. The number of halogens is 7. The van der Waals surface area contributed by atoms with E-state index < -0.39 is 25.3 Å². The van der Waals surface area contributed by atoms with E-state index in [1.807, 2.05) is 0 Å². The number of hydrogen-bond acceptors (Lipinski definition) is 17. The number of rotatable bonds is 18. The van der Waals surface area contributed by atoms with Crippen LogP contribution in [-0.2, 0) is 14.3 Å². The van der Waals surface area contributed by atoms with Crippen molar-refractivity contribution < 1.29 is 45.0 Å². The van der Waals surface area contributed by atoms with Crippen LogP contribution in [0.5, 0.6) is 0 Å². The minimum Gasteiger partial charge on any atom is -0.468 e. The molecule has 14 heterocycles. The second-order valence-electron chi connectivity index (χ2n) is 36.8. The second kappa shape index (κ2) is 49.1. The fourth-order valence-electron chi connectivity index (χ4n) is 22.4. The smallest absolute Gasteiger partial charge is 0.401 e. The predicted octanol–water partition coefficient (Wildman–Crippen LogP) is 12.5. The molecule has 14 rings (SSSR count). The number of ether oxygens (including phenoxy) is 2. The van der Waals surface area contributed by atoms with Crippen molar-refractivity contribution >= 4 is 5.97 Å². The fraction of sp³-hybridized carbons (Fsp3) is 0.988. The van der Waals surface area contributed by atoms with E-state index >= 15 is 0 Å². The van der Waals surface area contributed by atoms with Gasteiger partial charge in [0.2, 0.25) is 0 Å². The molecule has 644 valence electrons. The molecule has 0 spiro atoms. The highest BCUT2D eigenvalue weighted by atomic mass is 19.4. The zero-order valence-electron chi connectivity index (χ0n) is 71.7. The van der Waals surface area contributed by atoms with E-state index in [9.17, 15) is 35.5 Å². The Morgan fingerprint density at radius 2 is 0.582 bits per heavy atom. The first-order chi connectivity index (χ1) is 52.8. The number of esters is 1. The normalized spacial score (nSPS) is 30.6. The lowest BCUT2D eigenvalue weighted by atomic mass is 9.88. The van der Waals surface area contributed by atoms with Crippen molar-refractivity contribution in [2.75, 3.05) is 261 Å². The fourth-order valence-corrected chi connectivity index (χ4v) is 22.4. The molecule has 24 heteroatoms. The molecule has 0 N–H and O–H groups in total. The molecule has 14 aliphatic rings. The van der Waals surface area contributed by atoms with Crippen molar-refractivity contribution in [3.05, 3.63) is 0 Å². The molecule has 0 saturated carbocycles. The van der Waals surface area contributed by atoms with E-state index in [0.29, 0.717) is 49.6 Å². The highest BCUT2D eigenvalue weighted by Gasteiger charge is 2.42. The van der Waals surface area contributed by atoms with Crippen molar-refractivity contribution in [2.45, 2.75) is 248 Å². The Balaban J connectivity index is 0.000000162. The van der Waals surface area contributed by atoms with Crippen LogP contribution in [0.3, 0.4) is 0 Å². The number of hydrogen-bond donors (Lipinski definition) is 0. The summed E-state index contributed by atoms with van der Waals surface area (Å²) in [5.41, 5.74) is 0. The van der Waals surface area contributed by atoms with Crippen molar-refractivity contribution in [3.8, 4) is 0 Å². The van der Waals surface area contributed by atoms with Gasteiger partial charge in [0.1, 0.15) is 6.67 Å². The molecule has 17 nitrogen and oxygen atoms in total. The van der Waals surface area contributed by atoms with Gasteiger partial charge in [-0.2, -0.15) is 26.3 Å². The minimum absolute atomic E-state index is 0.0928. The van der Waals surface area contributed by atoms with Crippen molar-refractivity contribution in [2.24, 2.45) is 41.4 Å². The van der Waals surface area contributed by atoms with Gasteiger partial charge in [0.25, 0.3) is 0 Å². The summed E-state index contributed by atoms with van der Waals surface area (Å²) < 4.78 is 96.6. The number of carbonyl (C=O) groups is 1. The van der Waals surface area contributed by atoms with Gasteiger partial charge in [-0.15, -0.1) is 0 Å². The molecule has 0 aromatic heterocycles. The summed E-state index contributed by atoms with van der Waals surface area (Å²) in [6, 6.07) is 4.56. The van der Waals surface area contributed by atoms with Crippen LogP contribution in [0.25, 0.3) is 0 Å². The average Bonchev–Trinajstić information content (AvgIpc) is 1.67. The van der Waals surface area contributed by atoms with Crippen LogP contribution in [0.15, 0.2) is 0 Å². The number of methoxy groups -OCH3 is 2. The largest absolute Gasteiger partial charge is 0.468 e. The lowest BCUT2D eigenvalue weighted by Crippen LogP contribution is -2.44. The van der Waals surface area contributed by atoms with Gasteiger partial charge in [0.15, 0.2) is 0 Å².